The van der Waals surface area contributed by atoms with Crippen molar-refractivity contribution in [3.63, 3.8) is 0 Å². The molecule has 3 atom stereocenters. The van der Waals surface area contributed by atoms with E-state index in [-0.39, 0.29) is 58.3 Å². The van der Waals surface area contributed by atoms with Crippen LogP contribution in [0.15, 0.2) is 36.5 Å². The summed E-state index contributed by atoms with van der Waals surface area (Å²) in [6.07, 6.45) is 9.82. The van der Waals surface area contributed by atoms with Crippen LogP contribution in [0.4, 0.5) is 5.69 Å². The fraction of sp³-hybridized carbons (Fsp3) is 0.585. The molecule has 6 rings (SSSR count). The minimum Gasteiger partial charge on any atom is -0.331 e. The highest BCUT2D eigenvalue weighted by Crippen LogP contribution is 2.40. The maximum absolute atomic E-state index is 13.6. The van der Waals surface area contributed by atoms with Crippen LogP contribution in [0, 0.1) is 23.2 Å². The average Bonchev–Trinajstić information content (AvgIpc) is 3.30. The molecule has 1 aliphatic carbocycles. The first-order chi connectivity index (χ1) is 25.7. The maximum atomic E-state index is 13.6. The normalized spacial score (nSPS) is 26.6. The minimum atomic E-state index is -0.792. The van der Waals surface area contributed by atoms with Gasteiger partial charge in [-0.1, -0.05) is 35.9 Å². The molecular weight excluding hydrogens is 722 g/mol. The number of nitriles is 1. The number of carbonyl (C=O) groups excluding carboxylic acids is 4. The molecule has 0 spiro atoms. The summed E-state index contributed by atoms with van der Waals surface area (Å²) in [6.45, 7) is 11.7. The summed E-state index contributed by atoms with van der Waals surface area (Å²) in [5, 5.41) is 12.3. The first kappa shape index (κ1) is 39.9. The topological polar surface area (TPSA) is 130 Å². The molecule has 11 nitrogen and oxygen atoms in total. The van der Waals surface area contributed by atoms with Crippen molar-refractivity contribution >= 4 is 58.1 Å². The molecule has 288 valence electrons. The second-order valence-electron chi connectivity index (χ2n) is 16.3. The quantitative estimate of drug-likeness (QED) is 0.219. The number of rotatable bonds is 12. The summed E-state index contributed by atoms with van der Waals surface area (Å²) in [5.74, 6) is 0.107. The van der Waals surface area contributed by atoms with E-state index in [1.807, 2.05) is 44.2 Å². The highest BCUT2D eigenvalue weighted by Gasteiger charge is 2.52. The second-order valence-corrected chi connectivity index (χ2v) is 17.1. The molecule has 1 N–H and O–H groups in total. The number of benzene rings is 1. The molecule has 4 heterocycles. The Balaban J connectivity index is 0.927. The van der Waals surface area contributed by atoms with Crippen molar-refractivity contribution in [2.45, 2.75) is 116 Å². The van der Waals surface area contributed by atoms with E-state index in [1.54, 1.807) is 6.07 Å². The zero-order valence-corrected chi connectivity index (χ0v) is 33.4. The lowest BCUT2D eigenvalue weighted by molar-refractivity contribution is -0.136. The third-order valence-corrected chi connectivity index (χ3v) is 12.6. The van der Waals surface area contributed by atoms with Crippen molar-refractivity contribution in [3.05, 3.63) is 58.4 Å². The van der Waals surface area contributed by atoms with E-state index >= 15 is 0 Å². The molecule has 2 aromatic rings. The largest absolute Gasteiger partial charge is 0.331 e. The Morgan fingerprint density at radius 1 is 1.06 bits per heavy atom. The Kier molecular flexibility index (Phi) is 12.5. The van der Waals surface area contributed by atoms with Gasteiger partial charge in [0, 0.05) is 50.0 Å². The third-order valence-electron chi connectivity index (χ3n) is 11.9. The van der Waals surface area contributed by atoms with E-state index in [2.05, 4.69) is 38.8 Å². The van der Waals surface area contributed by atoms with Crippen LogP contribution in [-0.4, -0.2) is 98.1 Å². The van der Waals surface area contributed by atoms with Gasteiger partial charge in [0.15, 0.2) is 16.6 Å². The number of ketones is 1. The molecule has 0 bridgehead atoms. The van der Waals surface area contributed by atoms with Crippen molar-refractivity contribution in [1.29, 1.82) is 5.26 Å². The second kappa shape index (κ2) is 16.9. The number of carbonyl (C=O) groups is 4. The first-order valence-electron chi connectivity index (χ1n) is 19.4. The molecule has 3 aliphatic heterocycles. The monoisotopic (exact) mass is 773 g/mol. The first-order valence-corrected chi connectivity index (χ1v) is 20.2. The number of Topliss-reactive ketones (excluding diaryl/α,β-unsaturated/α-hetero) is 1. The molecule has 13 heteroatoms. The highest BCUT2D eigenvalue weighted by molar-refractivity contribution is 7.80. The molecule has 1 aromatic carbocycles. The SMILES string of the molecule is C[C@@H]1CN(CCCC2CCC(N3C(=S)N(c4cnc(C#N)c(Cl)c4)C(=O)C3(C)C)CC2)C[C@H](C)N1CC(=O)Cc1cccc(CC2CCC(=O)NC2=O)c1. The molecular formula is C41H52ClN7O4S. The lowest BCUT2D eigenvalue weighted by Gasteiger charge is -2.44. The van der Waals surface area contributed by atoms with Gasteiger partial charge in [0.2, 0.25) is 11.8 Å². The number of piperidine rings is 1. The van der Waals surface area contributed by atoms with Crippen LogP contribution < -0.4 is 10.2 Å². The fourth-order valence-corrected chi connectivity index (χ4v) is 9.88. The number of thiocarbonyl (C=S) groups is 1. The Morgan fingerprint density at radius 3 is 2.43 bits per heavy atom. The van der Waals surface area contributed by atoms with Gasteiger partial charge in [-0.25, -0.2) is 4.98 Å². The summed E-state index contributed by atoms with van der Waals surface area (Å²) >= 11 is 12.1. The number of hydrogen-bond donors (Lipinski definition) is 1. The van der Waals surface area contributed by atoms with E-state index in [9.17, 15) is 24.4 Å². The summed E-state index contributed by atoms with van der Waals surface area (Å²) in [5.41, 5.74) is 1.80. The maximum Gasteiger partial charge on any atom is 0.258 e. The minimum absolute atomic E-state index is 0.112. The van der Waals surface area contributed by atoms with Crippen molar-refractivity contribution < 1.29 is 19.2 Å². The Morgan fingerprint density at radius 2 is 1.76 bits per heavy atom. The molecule has 4 aliphatic rings. The van der Waals surface area contributed by atoms with Gasteiger partial charge in [0.25, 0.3) is 5.91 Å². The molecule has 0 radical (unpaired) electrons. The number of aromatic nitrogens is 1. The smallest absolute Gasteiger partial charge is 0.258 e. The summed E-state index contributed by atoms with van der Waals surface area (Å²) in [6, 6.07) is 12.2. The van der Waals surface area contributed by atoms with Crippen LogP contribution >= 0.6 is 23.8 Å². The molecule has 1 aromatic heterocycles. The van der Waals surface area contributed by atoms with Crippen LogP contribution in [0.1, 0.15) is 95.9 Å². The Bertz CT molecular complexity index is 1810. The number of nitrogens with one attached hydrogen (secondary N) is 1. The van der Waals surface area contributed by atoms with Crippen LogP contribution in [0.25, 0.3) is 0 Å². The molecule has 3 amide bonds. The lowest BCUT2D eigenvalue weighted by Crippen LogP contribution is -2.58. The van der Waals surface area contributed by atoms with Crippen molar-refractivity contribution in [1.82, 2.24) is 25.0 Å². The lowest BCUT2D eigenvalue weighted by atomic mass is 9.82. The van der Waals surface area contributed by atoms with E-state index in [4.69, 9.17) is 23.8 Å². The van der Waals surface area contributed by atoms with Crippen LogP contribution in [0.3, 0.4) is 0 Å². The van der Waals surface area contributed by atoms with Crippen molar-refractivity contribution in [3.8, 4) is 6.07 Å². The summed E-state index contributed by atoms with van der Waals surface area (Å²) in [7, 11) is 0. The van der Waals surface area contributed by atoms with E-state index in [0.29, 0.717) is 48.9 Å². The van der Waals surface area contributed by atoms with Gasteiger partial charge in [-0.2, -0.15) is 5.26 Å². The predicted octanol–water partition coefficient (Wildman–Crippen LogP) is 5.46. The van der Waals surface area contributed by atoms with E-state index in [1.165, 1.54) is 17.5 Å². The number of pyridine rings is 1. The number of anilines is 1. The van der Waals surface area contributed by atoms with Gasteiger partial charge in [0.05, 0.1) is 23.5 Å². The molecule has 1 saturated carbocycles. The van der Waals surface area contributed by atoms with Gasteiger partial charge < -0.3 is 9.80 Å². The third kappa shape index (κ3) is 8.86. The average molecular weight is 774 g/mol. The van der Waals surface area contributed by atoms with Crippen LogP contribution in [-0.2, 0) is 32.0 Å². The standard InChI is InChI=1S/C41H52ClN7O4S/c1-26-23-46(24-27(2)47(26)25-34(50)19-30-8-5-7-29(17-30)18-31-12-15-37(51)45-38(31)52)16-6-9-28-10-13-32(14-11-28)49-40(54)48(39(53)41(49,3)4)33-20-35(42)36(21-43)44-22-33/h5,7-8,17,20,22,26-28,31-32H,6,9-16,18-19,23-25H2,1-4H3,(H,45,51,52)/t26-,27+,28?,31?,32?. The van der Waals surface area contributed by atoms with Crippen LogP contribution in [0.5, 0.6) is 0 Å². The van der Waals surface area contributed by atoms with Gasteiger partial charge in [-0.05, 0) is 121 Å². The molecule has 1 unspecified atom stereocenters. The summed E-state index contributed by atoms with van der Waals surface area (Å²) < 4.78 is 0. The Hall–Kier alpha value is -3.76. The summed E-state index contributed by atoms with van der Waals surface area (Å²) in [4.78, 5) is 63.3. The number of amides is 3. The van der Waals surface area contributed by atoms with Crippen LogP contribution in [0.2, 0.25) is 5.02 Å². The highest BCUT2D eigenvalue weighted by atomic mass is 35.5. The van der Waals surface area contributed by atoms with Gasteiger partial charge in [-0.3, -0.25) is 34.3 Å². The number of hydrogen-bond acceptors (Lipinski definition) is 9. The van der Waals surface area contributed by atoms with E-state index < -0.39 is 5.54 Å². The van der Waals surface area contributed by atoms with Gasteiger partial charge in [0.1, 0.15) is 11.6 Å². The predicted molar refractivity (Wildman–Crippen MR) is 212 cm³/mol. The zero-order chi connectivity index (χ0) is 38.7. The van der Waals surface area contributed by atoms with E-state index in [0.717, 1.165) is 62.9 Å². The number of imide groups is 1. The van der Waals surface area contributed by atoms with Gasteiger partial charge in [-0.15, -0.1) is 0 Å². The molecule has 3 saturated heterocycles. The van der Waals surface area contributed by atoms with Crippen molar-refractivity contribution in [2.75, 3.05) is 31.1 Å². The zero-order valence-electron chi connectivity index (χ0n) is 31.9. The fourth-order valence-electron chi connectivity index (χ4n) is 9.11. The number of piperazine rings is 1. The van der Waals surface area contributed by atoms with Crippen molar-refractivity contribution in [2.24, 2.45) is 11.8 Å². The number of halogens is 1. The number of nitrogens with zero attached hydrogens (tertiary/aromatic N) is 6. The molecule has 54 heavy (non-hydrogen) atoms. The molecule has 4 fully saturated rings. The van der Waals surface area contributed by atoms with Gasteiger partial charge >= 0.3 is 0 Å². The Labute approximate surface area is 329 Å².